The van der Waals surface area contributed by atoms with Crippen molar-refractivity contribution in [3.8, 4) is 27.2 Å². The van der Waals surface area contributed by atoms with E-state index in [1.807, 2.05) is 18.2 Å². The Morgan fingerprint density at radius 2 is 1.58 bits per heavy atom. The first kappa shape index (κ1) is 12.4. The maximum atomic E-state index is 9.87. The number of benzene rings is 2. The Hall–Kier alpha value is -1.61. The molecular formula is C14H9ClO3Se. The number of rotatable bonds is 1. The van der Waals surface area contributed by atoms with Gasteiger partial charge in [0.1, 0.15) is 0 Å². The molecule has 2 aromatic carbocycles. The Balaban J connectivity index is 2.24. The number of hydrogen-bond donors (Lipinski definition) is 3. The molecule has 0 aliphatic heterocycles. The Morgan fingerprint density at radius 3 is 2.26 bits per heavy atom. The van der Waals surface area contributed by atoms with Crippen molar-refractivity contribution in [1.82, 2.24) is 0 Å². The third-order valence-electron chi connectivity index (χ3n) is 2.85. The summed E-state index contributed by atoms with van der Waals surface area (Å²) in [7, 11) is 0. The van der Waals surface area contributed by atoms with Crippen LogP contribution in [0.1, 0.15) is 0 Å². The van der Waals surface area contributed by atoms with Gasteiger partial charge in [-0.15, -0.1) is 0 Å². The molecule has 1 aromatic heterocycles. The molecule has 0 bridgehead atoms. The van der Waals surface area contributed by atoms with E-state index >= 15 is 0 Å². The van der Waals surface area contributed by atoms with Crippen LogP contribution in [-0.2, 0) is 0 Å². The standard InChI is InChI=1S/C14H9ClO3Se/c15-13-9-5-12(7-1-3-8(16)4-2-7)19-14(9)11(18)6-10(13)17/h1-6,16-18H. The van der Waals surface area contributed by atoms with Crippen molar-refractivity contribution in [3.05, 3.63) is 41.4 Å². The van der Waals surface area contributed by atoms with Crippen LogP contribution >= 0.6 is 11.6 Å². The first-order chi connectivity index (χ1) is 9.06. The fourth-order valence-electron chi connectivity index (χ4n) is 1.91. The quantitative estimate of drug-likeness (QED) is 0.596. The molecule has 0 amide bonds. The van der Waals surface area contributed by atoms with Gasteiger partial charge in [-0.2, -0.15) is 0 Å². The van der Waals surface area contributed by atoms with Gasteiger partial charge in [-0.25, -0.2) is 0 Å². The molecule has 19 heavy (non-hydrogen) atoms. The molecule has 96 valence electrons. The molecule has 0 spiro atoms. The molecule has 3 rings (SSSR count). The minimum absolute atomic E-state index is 0.0712. The van der Waals surface area contributed by atoms with Crippen molar-refractivity contribution in [1.29, 1.82) is 0 Å². The average Bonchev–Trinajstić information content (AvgIpc) is 2.83. The summed E-state index contributed by atoms with van der Waals surface area (Å²) in [4.78, 5) is 0. The second-order valence-corrected chi connectivity index (χ2v) is 6.71. The number of halogens is 1. The molecule has 0 aliphatic rings. The zero-order valence-electron chi connectivity index (χ0n) is 9.59. The molecule has 5 heteroatoms. The summed E-state index contributed by atoms with van der Waals surface area (Å²) < 4.78 is 1.82. The first-order valence-corrected chi connectivity index (χ1v) is 7.59. The van der Waals surface area contributed by atoms with Crippen LogP contribution in [0.15, 0.2) is 36.4 Å². The van der Waals surface area contributed by atoms with Gasteiger partial charge >= 0.3 is 120 Å². The second kappa shape index (κ2) is 4.49. The predicted octanol–water partition coefficient (Wildman–Crippen LogP) is 3.33. The number of aromatic hydroxyl groups is 3. The fourth-order valence-corrected chi connectivity index (χ4v) is 4.52. The van der Waals surface area contributed by atoms with E-state index in [4.69, 9.17) is 11.6 Å². The van der Waals surface area contributed by atoms with E-state index in [0.717, 1.165) is 14.3 Å². The van der Waals surface area contributed by atoms with Gasteiger partial charge in [0, 0.05) is 0 Å². The Labute approximate surface area is 120 Å². The summed E-state index contributed by atoms with van der Waals surface area (Å²) in [6.07, 6.45) is 0. The van der Waals surface area contributed by atoms with Crippen molar-refractivity contribution in [2.75, 3.05) is 0 Å². The predicted molar refractivity (Wildman–Crippen MR) is 76.3 cm³/mol. The van der Waals surface area contributed by atoms with Gasteiger partial charge in [0.25, 0.3) is 0 Å². The minimum atomic E-state index is -0.114. The molecule has 3 nitrogen and oxygen atoms in total. The molecule has 3 N–H and O–H groups in total. The molecule has 0 radical (unpaired) electrons. The van der Waals surface area contributed by atoms with Gasteiger partial charge in [0.15, 0.2) is 0 Å². The molecule has 0 saturated carbocycles. The zero-order chi connectivity index (χ0) is 13.6. The van der Waals surface area contributed by atoms with Crippen LogP contribution < -0.4 is 0 Å². The van der Waals surface area contributed by atoms with E-state index in [0.29, 0.717) is 5.39 Å². The van der Waals surface area contributed by atoms with Crippen LogP contribution in [0.2, 0.25) is 5.02 Å². The molecule has 0 fully saturated rings. The Morgan fingerprint density at radius 1 is 0.895 bits per heavy atom. The summed E-state index contributed by atoms with van der Waals surface area (Å²) in [6, 6.07) is 10.0. The molecule has 0 atom stereocenters. The average molecular weight is 340 g/mol. The molecule has 0 aliphatic carbocycles. The molecule has 0 unspecified atom stereocenters. The third kappa shape index (κ3) is 2.08. The van der Waals surface area contributed by atoms with Crippen LogP contribution in [0.25, 0.3) is 19.6 Å². The number of fused-ring (bicyclic) bond motifs is 1. The number of hydrogen-bond acceptors (Lipinski definition) is 3. The van der Waals surface area contributed by atoms with E-state index in [2.05, 4.69) is 0 Å². The van der Waals surface area contributed by atoms with E-state index < -0.39 is 0 Å². The van der Waals surface area contributed by atoms with Gasteiger partial charge < -0.3 is 0 Å². The van der Waals surface area contributed by atoms with Gasteiger partial charge in [-0.3, -0.25) is 0 Å². The third-order valence-corrected chi connectivity index (χ3v) is 5.78. The summed E-state index contributed by atoms with van der Waals surface area (Å²) in [5.41, 5.74) is 0.976. The molecule has 1 heterocycles. The molecule has 3 aromatic rings. The van der Waals surface area contributed by atoms with Gasteiger partial charge in [0.05, 0.1) is 0 Å². The van der Waals surface area contributed by atoms with E-state index in [1.165, 1.54) is 6.07 Å². The molecular weight excluding hydrogens is 331 g/mol. The van der Waals surface area contributed by atoms with Gasteiger partial charge in [0.2, 0.25) is 0 Å². The van der Waals surface area contributed by atoms with E-state index in [1.54, 1.807) is 12.1 Å². The van der Waals surface area contributed by atoms with Crippen LogP contribution in [0.3, 0.4) is 0 Å². The van der Waals surface area contributed by atoms with Crippen LogP contribution in [0.5, 0.6) is 17.2 Å². The van der Waals surface area contributed by atoms with Crippen molar-refractivity contribution >= 4 is 35.8 Å². The van der Waals surface area contributed by atoms with Gasteiger partial charge in [-0.05, 0) is 0 Å². The number of phenolic OH excluding ortho intramolecular Hbond substituents is 3. The summed E-state index contributed by atoms with van der Waals surface area (Å²) in [6.45, 7) is 0. The topological polar surface area (TPSA) is 60.7 Å². The normalized spacial score (nSPS) is 11.0. The van der Waals surface area contributed by atoms with Crippen molar-refractivity contribution < 1.29 is 15.3 Å². The van der Waals surface area contributed by atoms with Gasteiger partial charge in [-0.1, -0.05) is 0 Å². The Bertz CT molecular complexity index is 762. The van der Waals surface area contributed by atoms with Crippen LogP contribution in [-0.4, -0.2) is 29.8 Å². The summed E-state index contributed by atoms with van der Waals surface area (Å²) in [5, 5.41) is 29.7. The van der Waals surface area contributed by atoms with Crippen LogP contribution in [0.4, 0.5) is 0 Å². The monoisotopic (exact) mass is 340 g/mol. The summed E-state index contributed by atoms with van der Waals surface area (Å²) >= 11 is 5.98. The van der Waals surface area contributed by atoms with Crippen LogP contribution in [0, 0.1) is 0 Å². The van der Waals surface area contributed by atoms with E-state index in [9.17, 15) is 15.3 Å². The fraction of sp³-hybridized carbons (Fsp3) is 0. The Kier molecular flexibility index (Phi) is 2.94. The SMILES string of the molecule is Oc1ccc(-c2cc3c(Cl)c(O)cc(O)c3[se]2)cc1. The van der Waals surface area contributed by atoms with E-state index in [-0.39, 0.29) is 36.8 Å². The summed E-state index contributed by atoms with van der Waals surface area (Å²) in [5.74, 6) is 0.171. The number of phenols is 3. The van der Waals surface area contributed by atoms with Crippen molar-refractivity contribution in [2.45, 2.75) is 0 Å². The second-order valence-electron chi connectivity index (χ2n) is 4.13. The maximum absolute atomic E-state index is 9.87. The van der Waals surface area contributed by atoms with Crippen molar-refractivity contribution in [3.63, 3.8) is 0 Å². The zero-order valence-corrected chi connectivity index (χ0v) is 12.1. The van der Waals surface area contributed by atoms with Crippen molar-refractivity contribution in [2.24, 2.45) is 0 Å². The molecule has 0 saturated heterocycles. The first-order valence-electron chi connectivity index (χ1n) is 5.49.